The Bertz CT molecular complexity index is 1160. The van der Waals surface area contributed by atoms with E-state index < -0.39 is 0 Å². The highest BCUT2D eigenvalue weighted by Crippen LogP contribution is 2.24. The summed E-state index contributed by atoms with van der Waals surface area (Å²) in [6, 6.07) is 11.1. The smallest absolute Gasteiger partial charge is 0.257 e. The average molecular weight is 453 g/mol. The fourth-order valence-corrected chi connectivity index (χ4v) is 3.78. The first-order valence-electron chi connectivity index (χ1n) is 10.2. The summed E-state index contributed by atoms with van der Waals surface area (Å²) < 4.78 is 12.9. The predicted molar refractivity (Wildman–Crippen MR) is 124 cm³/mol. The van der Waals surface area contributed by atoms with Crippen LogP contribution in [-0.4, -0.2) is 58.4 Å². The summed E-state index contributed by atoms with van der Waals surface area (Å²) in [6.07, 6.45) is 3.46. The summed E-state index contributed by atoms with van der Waals surface area (Å²) in [4.78, 5) is 25.8. The van der Waals surface area contributed by atoms with Crippen molar-refractivity contribution in [2.24, 2.45) is 5.73 Å². The van der Waals surface area contributed by atoms with Crippen LogP contribution in [0.3, 0.4) is 0 Å². The number of anilines is 1. The Kier molecular flexibility index (Phi) is 7.51. The summed E-state index contributed by atoms with van der Waals surface area (Å²) >= 11 is 1.36. The number of nitrogens with two attached hydrogens (primary N) is 1. The van der Waals surface area contributed by atoms with Gasteiger partial charge in [-0.3, -0.25) is 15.1 Å². The number of ether oxygens (including phenoxy) is 2. The minimum absolute atomic E-state index is 0.232. The summed E-state index contributed by atoms with van der Waals surface area (Å²) in [5.41, 5.74) is 9.08. The molecule has 3 aromatic heterocycles. The van der Waals surface area contributed by atoms with Gasteiger partial charge in [-0.05, 0) is 30.3 Å². The van der Waals surface area contributed by atoms with Gasteiger partial charge in [0.25, 0.3) is 5.91 Å². The molecule has 0 aliphatic rings. The van der Waals surface area contributed by atoms with Crippen molar-refractivity contribution < 1.29 is 14.3 Å². The maximum atomic E-state index is 12.7. The molecule has 4 aromatic rings. The van der Waals surface area contributed by atoms with Crippen LogP contribution < -0.4 is 11.1 Å². The van der Waals surface area contributed by atoms with Gasteiger partial charge in [-0.15, -0.1) is 11.3 Å². The molecule has 0 bridgehead atoms. The van der Waals surface area contributed by atoms with E-state index in [1.807, 2.05) is 34.2 Å². The number of hydrogen-bond donors (Lipinski definition) is 2. The lowest BCUT2D eigenvalue weighted by atomic mass is 10.2. The van der Waals surface area contributed by atoms with E-state index >= 15 is 0 Å². The third-order valence-corrected chi connectivity index (χ3v) is 5.40. The Morgan fingerprint density at radius 3 is 2.75 bits per heavy atom. The third kappa shape index (κ3) is 5.54. The predicted octanol–water partition coefficient (Wildman–Crippen LogP) is 2.80. The van der Waals surface area contributed by atoms with Crippen LogP contribution >= 0.6 is 11.3 Å². The van der Waals surface area contributed by atoms with Crippen molar-refractivity contribution in [3.05, 3.63) is 59.9 Å². The Balaban J connectivity index is 1.34. The van der Waals surface area contributed by atoms with Crippen molar-refractivity contribution in [3.8, 4) is 11.4 Å². The molecule has 0 fully saturated rings. The molecule has 0 aliphatic carbocycles. The molecule has 0 aliphatic heterocycles. The molecule has 3 N–H and O–H groups in total. The molecule has 166 valence electrons. The number of imidazole rings is 1. The van der Waals surface area contributed by atoms with E-state index in [0.717, 1.165) is 22.4 Å². The molecule has 3 heterocycles. The second-order valence-corrected chi connectivity index (χ2v) is 7.72. The van der Waals surface area contributed by atoms with E-state index in [0.29, 0.717) is 50.2 Å². The molecule has 10 heteroatoms. The van der Waals surface area contributed by atoms with E-state index in [1.165, 1.54) is 11.3 Å². The molecular formula is C22H24N6O3S. The maximum absolute atomic E-state index is 12.7. The fourth-order valence-electron chi connectivity index (χ4n) is 3.08. The van der Waals surface area contributed by atoms with Gasteiger partial charge in [-0.2, -0.15) is 0 Å². The summed E-state index contributed by atoms with van der Waals surface area (Å²) in [6.45, 7) is 3.31. The van der Waals surface area contributed by atoms with E-state index in [-0.39, 0.29) is 5.91 Å². The summed E-state index contributed by atoms with van der Waals surface area (Å²) in [7, 11) is 0. The van der Waals surface area contributed by atoms with E-state index in [9.17, 15) is 4.79 Å². The number of thiazole rings is 1. The SMILES string of the molecule is NCCOCCOCCn1cnc2cc(C(=O)Nc3nc(-c4ccccn4)cs3)ccc21. The molecule has 0 saturated carbocycles. The molecular weight excluding hydrogens is 428 g/mol. The first-order valence-corrected chi connectivity index (χ1v) is 11.1. The summed E-state index contributed by atoms with van der Waals surface area (Å²) in [5, 5.41) is 5.24. The molecule has 0 atom stereocenters. The van der Waals surface area contributed by atoms with Crippen LogP contribution in [0.2, 0.25) is 0 Å². The van der Waals surface area contributed by atoms with Crippen LogP contribution in [0, 0.1) is 0 Å². The van der Waals surface area contributed by atoms with Crippen LogP contribution in [0.15, 0.2) is 54.3 Å². The average Bonchev–Trinajstić information content (AvgIpc) is 3.46. The molecule has 0 spiro atoms. The zero-order valence-corrected chi connectivity index (χ0v) is 18.3. The highest BCUT2D eigenvalue weighted by atomic mass is 32.1. The molecule has 0 unspecified atom stereocenters. The number of fused-ring (bicyclic) bond motifs is 1. The van der Waals surface area contributed by atoms with Gasteiger partial charge < -0.3 is 19.8 Å². The Labute approximate surface area is 189 Å². The Hall–Kier alpha value is -3.18. The van der Waals surface area contributed by atoms with Crippen LogP contribution in [0.4, 0.5) is 5.13 Å². The van der Waals surface area contributed by atoms with Gasteiger partial charge >= 0.3 is 0 Å². The molecule has 9 nitrogen and oxygen atoms in total. The Morgan fingerprint density at radius 1 is 1.06 bits per heavy atom. The summed E-state index contributed by atoms with van der Waals surface area (Å²) in [5.74, 6) is -0.232. The molecule has 0 saturated heterocycles. The van der Waals surface area contributed by atoms with Gasteiger partial charge in [-0.1, -0.05) is 6.07 Å². The molecule has 4 rings (SSSR count). The molecule has 1 aromatic carbocycles. The van der Waals surface area contributed by atoms with E-state index in [2.05, 4.69) is 20.3 Å². The zero-order valence-electron chi connectivity index (χ0n) is 17.4. The number of carbonyl (C=O) groups is 1. The number of hydrogen-bond acceptors (Lipinski definition) is 8. The largest absolute Gasteiger partial charge is 0.378 e. The third-order valence-electron chi connectivity index (χ3n) is 4.65. The van der Waals surface area contributed by atoms with Gasteiger partial charge in [0.15, 0.2) is 5.13 Å². The standard InChI is InChI=1S/C22H24N6O3S/c23-6-9-30-11-12-31-10-8-28-15-25-18-13-16(4-5-20(18)28)21(29)27-22-26-19(14-32-22)17-3-1-2-7-24-17/h1-5,7,13-15H,6,8-12,23H2,(H,26,27,29). The lowest BCUT2D eigenvalue weighted by Crippen LogP contribution is -2.13. The van der Waals surface area contributed by atoms with Crippen molar-refractivity contribution in [2.45, 2.75) is 6.54 Å². The maximum Gasteiger partial charge on any atom is 0.257 e. The minimum Gasteiger partial charge on any atom is -0.378 e. The molecule has 32 heavy (non-hydrogen) atoms. The lowest BCUT2D eigenvalue weighted by Gasteiger charge is -2.07. The lowest BCUT2D eigenvalue weighted by molar-refractivity contribution is 0.0479. The van der Waals surface area contributed by atoms with Crippen molar-refractivity contribution in [1.29, 1.82) is 0 Å². The number of rotatable bonds is 11. The number of amides is 1. The fraction of sp³-hybridized carbons (Fsp3) is 0.273. The van der Waals surface area contributed by atoms with Crippen molar-refractivity contribution >= 4 is 33.4 Å². The first kappa shape index (κ1) is 22.0. The van der Waals surface area contributed by atoms with Crippen molar-refractivity contribution in [1.82, 2.24) is 19.5 Å². The number of aromatic nitrogens is 4. The van der Waals surface area contributed by atoms with Crippen LogP contribution in [0.5, 0.6) is 0 Å². The van der Waals surface area contributed by atoms with Crippen molar-refractivity contribution in [3.63, 3.8) is 0 Å². The molecule has 1 amide bonds. The van der Waals surface area contributed by atoms with E-state index in [1.54, 1.807) is 24.7 Å². The topological polar surface area (TPSA) is 117 Å². The van der Waals surface area contributed by atoms with Gasteiger partial charge in [0, 0.05) is 30.2 Å². The number of nitrogens with one attached hydrogen (secondary N) is 1. The number of carbonyl (C=O) groups excluding carboxylic acids is 1. The number of pyridine rings is 1. The highest BCUT2D eigenvalue weighted by Gasteiger charge is 2.12. The normalized spacial score (nSPS) is 11.2. The van der Waals surface area contributed by atoms with Gasteiger partial charge in [0.05, 0.1) is 49.5 Å². The van der Waals surface area contributed by atoms with Gasteiger partial charge in [-0.25, -0.2) is 9.97 Å². The van der Waals surface area contributed by atoms with Gasteiger partial charge in [0.2, 0.25) is 0 Å². The second kappa shape index (κ2) is 10.9. The quantitative estimate of drug-likeness (QED) is 0.336. The first-order chi connectivity index (χ1) is 15.7. The number of nitrogens with zero attached hydrogens (tertiary/aromatic N) is 4. The van der Waals surface area contributed by atoms with Crippen LogP contribution in [-0.2, 0) is 16.0 Å². The monoisotopic (exact) mass is 452 g/mol. The van der Waals surface area contributed by atoms with Gasteiger partial charge in [0.1, 0.15) is 5.69 Å². The second-order valence-electron chi connectivity index (χ2n) is 6.86. The van der Waals surface area contributed by atoms with Crippen LogP contribution in [0.25, 0.3) is 22.4 Å². The number of benzene rings is 1. The highest BCUT2D eigenvalue weighted by molar-refractivity contribution is 7.14. The zero-order chi connectivity index (χ0) is 22.2. The minimum atomic E-state index is -0.232. The van der Waals surface area contributed by atoms with Crippen LogP contribution in [0.1, 0.15) is 10.4 Å². The van der Waals surface area contributed by atoms with Crippen molar-refractivity contribution in [2.75, 3.05) is 38.3 Å². The Morgan fingerprint density at radius 2 is 1.94 bits per heavy atom. The molecule has 0 radical (unpaired) electrons. The van der Waals surface area contributed by atoms with E-state index in [4.69, 9.17) is 15.2 Å².